The first-order chi connectivity index (χ1) is 12.3. The van der Waals surface area contributed by atoms with Crippen molar-refractivity contribution in [1.29, 1.82) is 0 Å². The molecule has 1 saturated heterocycles. The largest absolute Gasteiger partial charge is 0.440 e. The van der Waals surface area contributed by atoms with Gasteiger partial charge in [-0.05, 0) is 52.4 Å². The fourth-order valence-corrected chi connectivity index (χ4v) is 3.53. The Hall–Kier alpha value is -2.16. The normalized spacial score (nSPS) is 16.2. The molecule has 2 amide bonds. The van der Waals surface area contributed by atoms with E-state index in [2.05, 4.69) is 21.2 Å². The fraction of sp³-hybridized carbons (Fsp3) is 0.118. The number of nitrogens with zero attached hydrogens (tertiary/aromatic N) is 2. The van der Waals surface area contributed by atoms with Crippen molar-refractivity contribution in [3.8, 4) is 0 Å². The number of rotatable bonds is 3. The van der Waals surface area contributed by atoms with Gasteiger partial charge in [-0.25, -0.2) is 0 Å². The van der Waals surface area contributed by atoms with Crippen LogP contribution in [0.15, 0.2) is 44.8 Å². The lowest BCUT2D eigenvalue weighted by molar-refractivity contribution is -0.122. The van der Waals surface area contributed by atoms with E-state index >= 15 is 0 Å². The quantitative estimate of drug-likeness (QED) is 0.436. The summed E-state index contributed by atoms with van der Waals surface area (Å²) in [6, 6.07) is 8.33. The molecule has 26 heavy (non-hydrogen) atoms. The molecule has 0 spiro atoms. The van der Waals surface area contributed by atoms with E-state index in [0.29, 0.717) is 26.8 Å². The van der Waals surface area contributed by atoms with E-state index < -0.39 is 11.8 Å². The van der Waals surface area contributed by atoms with Crippen molar-refractivity contribution in [2.75, 3.05) is 23.9 Å². The van der Waals surface area contributed by atoms with Crippen molar-refractivity contribution in [3.05, 3.63) is 51.2 Å². The van der Waals surface area contributed by atoms with Crippen LogP contribution in [0.4, 0.5) is 11.6 Å². The number of hydrogen-bond donors (Lipinski definition) is 1. The van der Waals surface area contributed by atoms with Gasteiger partial charge >= 0.3 is 0 Å². The number of hydrogen-bond acceptors (Lipinski definition) is 5. The van der Waals surface area contributed by atoms with Gasteiger partial charge in [0.1, 0.15) is 11.3 Å². The topological polar surface area (TPSA) is 65.8 Å². The van der Waals surface area contributed by atoms with Crippen molar-refractivity contribution >= 4 is 74.3 Å². The fourth-order valence-electron chi connectivity index (χ4n) is 2.40. The number of anilines is 2. The number of carbonyl (C=O) groups is 2. The third kappa shape index (κ3) is 3.53. The number of amides is 2. The third-order valence-corrected chi connectivity index (χ3v) is 4.64. The minimum atomic E-state index is -0.586. The SMILES string of the molecule is CN(C)c1oc(C=C2C(=O)NC(=S)N(c3cccc(Cl)c3)C2=O)cc1Br. The first-order valence-corrected chi connectivity index (χ1v) is 8.99. The van der Waals surface area contributed by atoms with Gasteiger partial charge in [0.25, 0.3) is 11.8 Å². The van der Waals surface area contributed by atoms with Crippen LogP contribution in [0.25, 0.3) is 6.08 Å². The van der Waals surface area contributed by atoms with Gasteiger partial charge in [0, 0.05) is 25.2 Å². The highest BCUT2D eigenvalue weighted by atomic mass is 79.9. The summed E-state index contributed by atoms with van der Waals surface area (Å²) < 4.78 is 6.37. The standard InChI is InChI=1S/C17H13BrClN3O3S/c1-21(2)16-13(18)8-11(25-16)7-12-14(23)20-17(26)22(15(12)24)10-5-3-4-9(19)6-10/h3-8H,1-2H3,(H,20,23,26). The second-order valence-electron chi connectivity index (χ2n) is 5.63. The number of nitrogens with one attached hydrogen (secondary N) is 1. The van der Waals surface area contributed by atoms with E-state index in [1.54, 1.807) is 35.2 Å². The second kappa shape index (κ2) is 7.22. The summed E-state index contributed by atoms with van der Waals surface area (Å²) in [5.74, 6) is -0.210. The van der Waals surface area contributed by atoms with Gasteiger partial charge in [-0.3, -0.25) is 19.8 Å². The molecule has 6 nitrogen and oxygen atoms in total. The number of carbonyl (C=O) groups excluding carboxylic acids is 2. The van der Waals surface area contributed by atoms with Gasteiger partial charge in [0.2, 0.25) is 5.88 Å². The van der Waals surface area contributed by atoms with Gasteiger partial charge in [-0.2, -0.15) is 0 Å². The smallest absolute Gasteiger partial charge is 0.270 e. The Balaban J connectivity index is 2.01. The van der Waals surface area contributed by atoms with E-state index in [4.69, 9.17) is 28.2 Å². The molecule has 0 saturated carbocycles. The number of thiocarbonyl (C=S) groups is 1. The molecular formula is C17H13BrClN3O3S. The van der Waals surface area contributed by atoms with Crippen LogP contribution < -0.4 is 15.1 Å². The summed E-state index contributed by atoms with van der Waals surface area (Å²) >= 11 is 14.5. The lowest BCUT2D eigenvalue weighted by Crippen LogP contribution is -2.54. The second-order valence-corrected chi connectivity index (χ2v) is 7.31. The molecular weight excluding hydrogens is 442 g/mol. The maximum Gasteiger partial charge on any atom is 0.270 e. The number of benzene rings is 1. The van der Waals surface area contributed by atoms with Crippen LogP contribution in [0.5, 0.6) is 0 Å². The third-order valence-electron chi connectivity index (χ3n) is 3.55. The average Bonchev–Trinajstić information content (AvgIpc) is 2.92. The zero-order valence-electron chi connectivity index (χ0n) is 13.7. The predicted octanol–water partition coefficient (Wildman–Crippen LogP) is 3.59. The Morgan fingerprint density at radius 1 is 1.31 bits per heavy atom. The molecule has 0 atom stereocenters. The van der Waals surface area contributed by atoms with Gasteiger partial charge < -0.3 is 9.32 Å². The van der Waals surface area contributed by atoms with E-state index in [9.17, 15) is 9.59 Å². The molecule has 0 radical (unpaired) electrons. The van der Waals surface area contributed by atoms with Crippen LogP contribution in [0, 0.1) is 0 Å². The maximum absolute atomic E-state index is 12.9. The average molecular weight is 455 g/mol. The number of halogens is 2. The summed E-state index contributed by atoms with van der Waals surface area (Å²) in [5.41, 5.74) is 0.373. The zero-order valence-corrected chi connectivity index (χ0v) is 16.9. The molecule has 2 heterocycles. The number of furan rings is 1. The minimum Gasteiger partial charge on any atom is -0.440 e. The summed E-state index contributed by atoms with van der Waals surface area (Å²) in [7, 11) is 3.64. The Morgan fingerprint density at radius 3 is 2.65 bits per heavy atom. The highest BCUT2D eigenvalue weighted by molar-refractivity contribution is 9.10. The molecule has 1 N–H and O–H groups in total. The molecule has 9 heteroatoms. The Morgan fingerprint density at radius 2 is 2.04 bits per heavy atom. The molecule has 0 aliphatic carbocycles. The van der Waals surface area contributed by atoms with Crippen LogP contribution in [-0.2, 0) is 9.59 Å². The van der Waals surface area contributed by atoms with Gasteiger partial charge in [0.15, 0.2) is 5.11 Å². The van der Waals surface area contributed by atoms with Gasteiger partial charge in [-0.15, -0.1) is 0 Å². The summed E-state index contributed by atoms with van der Waals surface area (Å²) in [4.78, 5) is 28.2. The van der Waals surface area contributed by atoms with E-state index in [-0.39, 0.29) is 10.7 Å². The molecule has 134 valence electrons. The van der Waals surface area contributed by atoms with Crippen molar-refractivity contribution in [2.45, 2.75) is 0 Å². The molecule has 1 aliphatic rings. The first kappa shape index (κ1) is 18.6. The predicted molar refractivity (Wildman–Crippen MR) is 108 cm³/mol. The Labute approximate surface area is 168 Å². The summed E-state index contributed by atoms with van der Waals surface area (Å²) in [5, 5.41) is 2.96. The molecule has 1 fully saturated rings. The summed E-state index contributed by atoms with van der Waals surface area (Å²) in [6.45, 7) is 0. The highest BCUT2D eigenvalue weighted by Crippen LogP contribution is 2.31. The highest BCUT2D eigenvalue weighted by Gasteiger charge is 2.35. The monoisotopic (exact) mass is 453 g/mol. The zero-order chi connectivity index (χ0) is 19.0. The van der Waals surface area contributed by atoms with Gasteiger partial charge in [0.05, 0.1) is 10.2 Å². The van der Waals surface area contributed by atoms with E-state index in [1.165, 1.54) is 11.0 Å². The molecule has 3 rings (SSSR count). The molecule has 1 aliphatic heterocycles. The van der Waals surface area contributed by atoms with Gasteiger partial charge in [-0.1, -0.05) is 17.7 Å². The van der Waals surface area contributed by atoms with Crippen LogP contribution in [0.1, 0.15) is 5.76 Å². The molecule has 0 unspecified atom stereocenters. The van der Waals surface area contributed by atoms with E-state index in [1.807, 2.05) is 14.1 Å². The van der Waals surface area contributed by atoms with Crippen LogP contribution in [0.2, 0.25) is 5.02 Å². The van der Waals surface area contributed by atoms with E-state index in [0.717, 1.165) is 0 Å². The lowest BCUT2D eigenvalue weighted by atomic mass is 10.1. The minimum absolute atomic E-state index is 0.00553. The van der Waals surface area contributed by atoms with Crippen LogP contribution >= 0.6 is 39.7 Å². The Kier molecular flexibility index (Phi) is 5.17. The first-order valence-electron chi connectivity index (χ1n) is 7.41. The van der Waals surface area contributed by atoms with Crippen molar-refractivity contribution in [2.24, 2.45) is 0 Å². The van der Waals surface area contributed by atoms with Crippen molar-refractivity contribution in [1.82, 2.24) is 5.32 Å². The maximum atomic E-state index is 12.9. The molecule has 1 aromatic heterocycles. The summed E-state index contributed by atoms with van der Waals surface area (Å²) in [6.07, 6.45) is 1.38. The molecule has 0 bridgehead atoms. The Bertz CT molecular complexity index is 954. The van der Waals surface area contributed by atoms with Crippen LogP contribution in [-0.4, -0.2) is 31.0 Å². The lowest BCUT2D eigenvalue weighted by Gasteiger charge is -2.28. The molecule has 1 aromatic carbocycles. The molecule has 2 aromatic rings. The van der Waals surface area contributed by atoms with Crippen LogP contribution in [0.3, 0.4) is 0 Å². The van der Waals surface area contributed by atoms with Crippen molar-refractivity contribution in [3.63, 3.8) is 0 Å². The van der Waals surface area contributed by atoms with Crippen molar-refractivity contribution < 1.29 is 14.0 Å².